The molecule has 0 aliphatic rings. The van der Waals surface area contributed by atoms with Crippen molar-refractivity contribution in [3.8, 4) is 5.75 Å². The number of carbonyl (C=O) groups is 1. The molecule has 0 spiro atoms. The van der Waals surface area contributed by atoms with E-state index < -0.39 is 0 Å². The Morgan fingerprint density at radius 3 is 2.76 bits per heavy atom. The number of methoxy groups -OCH3 is 1. The number of rotatable bonds is 7. The number of aromatic nitrogens is 1. The Kier molecular flexibility index (Phi) is 6.50. The number of hydrogen-bond acceptors (Lipinski definition) is 5. The van der Waals surface area contributed by atoms with Crippen molar-refractivity contribution in [3.05, 3.63) is 52.3 Å². The number of aryl methyl sites for hydroxylation is 1. The van der Waals surface area contributed by atoms with Crippen molar-refractivity contribution >= 4 is 28.9 Å². The topological polar surface area (TPSA) is 84.3 Å². The minimum absolute atomic E-state index is 0.264. The molecular formula is C18H20ClN3O3. The molecule has 0 aliphatic heterocycles. The Morgan fingerprint density at radius 1 is 1.36 bits per heavy atom. The van der Waals surface area contributed by atoms with Crippen molar-refractivity contribution < 1.29 is 14.3 Å². The van der Waals surface area contributed by atoms with Crippen LogP contribution in [0.3, 0.4) is 0 Å². The van der Waals surface area contributed by atoms with Gasteiger partial charge in [-0.15, -0.1) is 0 Å². The quantitative estimate of drug-likeness (QED) is 0.581. The summed E-state index contributed by atoms with van der Waals surface area (Å²) in [5.41, 5.74) is 2.20. The highest BCUT2D eigenvalue weighted by atomic mass is 35.5. The van der Waals surface area contributed by atoms with Gasteiger partial charge in [0.05, 0.1) is 28.6 Å². The zero-order valence-electron chi connectivity index (χ0n) is 14.4. The molecule has 0 radical (unpaired) electrons. The van der Waals surface area contributed by atoms with Crippen LogP contribution in [0.4, 0.5) is 5.69 Å². The van der Waals surface area contributed by atoms with E-state index in [1.54, 1.807) is 51.4 Å². The second-order valence-electron chi connectivity index (χ2n) is 5.42. The van der Waals surface area contributed by atoms with E-state index in [1.807, 2.05) is 0 Å². The molecule has 1 heterocycles. The fraction of sp³-hybridized carbons (Fsp3) is 0.278. The first kappa shape index (κ1) is 18.9. The minimum Gasteiger partial charge on any atom is -0.491 e. The molecule has 0 aliphatic carbocycles. The molecule has 0 atom stereocenters. The third-order valence-corrected chi connectivity index (χ3v) is 3.75. The van der Waals surface area contributed by atoms with Gasteiger partial charge in [0.2, 0.25) is 0 Å². The predicted octanol–water partition coefficient (Wildman–Crippen LogP) is 3.71. The largest absolute Gasteiger partial charge is 0.491 e. The van der Waals surface area contributed by atoms with E-state index in [1.165, 1.54) is 0 Å². The van der Waals surface area contributed by atoms with Gasteiger partial charge in [0.1, 0.15) is 18.1 Å². The van der Waals surface area contributed by atoms with Gasteiger partial charge in [0, 0.05) is 13.3 Å². The summed E-state index contributed by atoms with van der Waals surface area (Å²) in [6, 6.07) is 6.75. The van der Waals surface area contributed by atoms with Crippen molar-refractivity contribution in [2.24, 2.45) is 0 Å². The summed E-state index contributed by atoms with van der Waals surface area (Å²) in [4.78, 5) is 16.8. The van der Waals surface area contributed by atoms with Crippen LogP contribution < -0.4 is 10.1 Å². The van der Waals surface area contributed by atoms with Crippen LogP contribution in [0.25, 0.3) is 0 Å². The maximum absolute atomic E-state index is 12.6. The lowest BCUT2D eigenvalue weighted by molar-refractivity contribution is 0.102. The lowest BCUT2D eigenvalue weighted by atomic mass is 10.1. The first-order valence-corrected chi connectivity index (χ1v) is 8.05. The molecule has 1 aromatic heterocycles. The molecule has 2 N–H and O–H groups in total. The average Bonchev–Trinajstić information content (AvgIpc) is 2.54. The number of anilines is 1. The summed E-state index contributed by atoms with van der Waals surface area (Å²) >= 11 is 6.28. The maximum atomic E-state index is 12.6. The van der Waals surface area contributed by atoms with Crippen molar-refractivity contribution in [1.82, 2.24) is 4.98 Å². The van der Waals surface area contributed by atoms with Crippen LogP contribution in [-0.4, -0.2) is 36.9 Å². The number of nitrogens with zero attached hydrogens (tertiary/aromatic N) is 1. The monoisotopic (exact) mass is 361 g/mol. The Labute approximate surface area is 151 Å². The number of benzene rings is 1. The molecule has 2 aromatic rings. The molecule has 132 valence electrons. The fourth-order valence-electron chi connectivity index (χ4n) is 2.32. The molecule has 0 saturated heterocycles. The van der Waals surface area contributed by atoms with E-state index in [0.29, 0.717) is 46.5 Å². The number of halogens is 1. The van der Waals surface area contributed by atoms with Gasteiger partial charge in [-0.3, -0.25) is 9.78 Å². The van der Waals surface area contributed by atoms with Gasteiger partial charge in [-0.1, -0.05) is 11.6 Å². The summed E-state index contributed by atoms with van der Waals surface area (Å²) in [6.45, 7) is 4.26. The summed E-state index contributed by atoms with van der Waals surface area (Å²) in [7, 11) is 1.59. The number of ether oxygens (including phenoxy) is 2. The number of carbonyl (C=O) groups excluding carboxylic acids is 1. The highest BCUT2D eigenvalue weighted by molar-refractivity contribution is 6.35. The first-order chi connectivity index (χ1) is 11.9. The lowest BCUT2D eigenvalue weighted by Crippen LogP contribution is -2.17. The van der Waals surface area contributed by atoms with Gasteiger partial charge in [-0.2, -0.15) is 0 Å². The highest BCUT2D eigenvalue weighted by Gasteiger charge is 2.17. The van der Waals surface area contributed by atoms with E-state index >= 15 is 0 Å². The van der Waals surface area contributed by atoms with Gasteiger partial charge < -0.3 is 20.2 Å². The SMILES string of the molecule is COCCOc1cc(C)c(C(=O)Nc2cccnc2C(C)=N)c(Cl)c1. The second kappa shape index (κ2) is 8.60. The van der Waals surface area contributed by atoms with E-state index in [-0.39, 0.29) is 11.6 Å². The van der Waals surface area contributed by atoms with Crippen LogP contribution in [0.5, 0.6) is 5.75 Å². The Morgan fingerprint density at radius 2 is 2.12 bits per heavy atom. The van der Waals surface area contributed by atoms with E-state index in [9.17, 15) is 4.79 Å². The number of pyridine rings is 1. The first-order valence-electron chi connectivity index (χ1n) is 7.67. The summed E-state index contributed by atoms with van der Waals surface area (Å²) in [6.07, 6.45) is 1.58. The molecule has 25 heavy (non-hydrogen) atoms. The van der Waals surface area contributed by atoms with Gasteiger partial charge in [0.15, 0.2) is 0 Å². The predicted molar refractivity (Wildman–Crippen MR) is 98.3 cm³/mol. The molecule has 1 amide bonds. The van der Waals surface area contributed by atoms with Gasteiger partial charge in [-0.25, -0.2) is 0 Å². The Balaban J connectivity index is 2.24. The summed E-state index contributed by atoms with van der Waals surface area (Å²) < 4.78 is 10.5. The zero-order valence-corrected chi connectivity index (χ0v) is 15.1. The van der Waals surface area contributed by atoms with Gasteiger partial charge >= 0.3 is 0 Å². The third-order valence-electron chi connectivity index (χ3n) is 3.46. The minimum atomic E-state index is -0.360. The van der Waals surface area contributed by atoms with E-state index in [0.717, 1.165) is 0 Å². The van der Waals surface area contributed by atoms with Crippen LogP contribution in [0, 0.1) is 12.3 Å². The molecule has 0 unspecified atom stereocenters. The van der Waals surface area contributed by atoms with Crippen LogP contribution in [0.2, 0.25) is 5.02 Å². The average molecular weight is 362 g/mol. The maximum Gasteiger partial charge on any atom is 0.257 e. The van der Waals surface area contributed by atoms with Gasteiger partial charge in [0.25, 0.3) is 5.91 Å². The van der Waals surface area contributed by atoms with Crippen LogP contribution >= 0.6 is 11.6 Å². The van der Waals surface area contributed by atoms with Crippen LogP contribution in [-0.2, 0) is 4.74 Å². The zero-order chi connectivity index (χ0) is 18.4. The van der Waals surface area contributed by atoms with Crippen molar-refractivity contribution in [2.45, 2.75) is 13.8 Å². The number of nitrogens with one attached hydrogen (secondary N) is 2. The van der Waals surface area contributed by atoms with E-state index in [2.05, 4.69) is 10.3 Å². The highest BCUT2D eigenvalue weighted by Crippen LogP contribution is 2.27. The molecule has 1 aromatic carbocycles. The smallest absolute Gasteiger partial charge is 0.257 e. The Bertz CT molecular complexity index is 770. The van der Waals surface area contributed by atoms with Crippen LogP contribution in [0.1, 0.15) is 28.5 Å². The molecule has 0 fully saturated rings. The molecule has 0 saturated carbocycles. The normalized spacial score (nSPS) is 10.4. The molecule has 6 nitrogen and oxygen atoms in total. The third kappa shape index (κ3) is 4.78. The number of amides is 1. The van der Waals surface area contributed by atoms with Gasteiger partial charge in [-0.05, 0) is 43.7 Å². The second-order valence-corrected chi connectivity index (χ2v) is 5.82. The molecular weight excluding hydrogens is 342 g/mol. The summed E-state index contributed by atoms with van der Waals surface area (Å²) in [5.74, 6) is 0.218. The lowest BCUT2D eigenvalue weighted by Gasteiger charge is -2.14. The van der Waals surface area contributed by atoms with Crippen molar-refractivity contribution in [3.63, 3.8) is 0 Å². The van der Waals surface area contributed by atoms with E-state index in [4.69, 9.17) is 26.5 Å². The molecule has 7 heteroatoms. The number of hydrogen-bond donors (Lipinski definition) is 2. The molecule has 2 rings (SSSR count). The molecule has 0 bridgehead atoms. The van der Waals surface area contributed by atoms with Crippen LogP contribution in [0.15, 0.2) is 30.5 Å². The van der Waals surface area contributed by atoms with Crippen molar-refractivity contribution in [2.75, 3.05) is 25.6 Å². The standard InChI is InChI=1S/C18H20ClN3O3/c1-11-9-13(25-8-7-24-3)10-14(19)16(11)18(23)22-15-5-4-6-21-17(15)12(2)20/h4-6,9-10,20H,7-8H2,1-3H3,(H,22,23). The Hall–Kier alpha value is -2.44. The summed E-state index contributed by atoms with van der Waals surface area (Å²) in [5, 5.41) is 10.8. The fourth-order valence-corrected chi connectivity index (χ4v) is 2.66. The van der Waals surface area contributed by atoms with Crippen molar-refractivity contribution in [1.29, 1.82) is 5.41 Å².